The molecule has 0 saturated carbocycles. The molecule has 1 rings (SSSR count). The Morgan fingerprint density at radius 3 is 2.52 bits per heavy atom. The highest BCUT2D eigenvalue weighted by Crippen LogP contribution is 2.29. The van der Waals surface area contributed by atoms with E-state index in [0.29, 0.717) is 37.7 Å². The van der Waals surface area contributed by atoms with Crippen molar-refractivity contribution < 1.29 is 18.7 Å². The number of unbranched alkanes of at least 4 members (excludes halogenated alkanes) is 1. The molecule has 0 amide bonds. The molecule has 7 heteroatoms. The number of nitrogens with zero attached hydrogens (tertiary/aromatic N) is 1. The van der Waals surface area contributed by atoms with Gasteiger partial charge in [-0.05, 0) is 77.1 Å². The summed E-state index contributed by atoms with van der Waals surface area (Å²) in [6, 6.07) is 3.17. The van der Waals surface area contributed by atoms with E-state index in [2.05, 4.69) is 37.0 Å². The quantitative estimate of drug-likeness (QED) is 0.222. The van der Waals surface area contributed by atoms with E-state index >= 15 is 0 Å². The largest absolute Gasteiger partial charge is 0.490 e. The zero-order chi connectivity index (χ0) is 18.7. The van der Waals surface area contributed by atoms with Crippen LogP contribution in [0.5, 0.6) is 11.5 Å². The van der Waals surface area contributed by atoms with Gasteiger partial charge in [-0.25, -0.2) is 4.39 Å². The van der Waals surface area contributed by atoms with Crippen LogP contribution < -0.4 is 9.47 Å². The Bertz CT molecular complexity index is 598. The van der Waals surface area contributed by atoms with Crippen molar-refractivity contribution in [1.29, 1.82) is 0 Å². The highest BCUT2D eigenvalue weighted by Gasteiger charge is 2.12. The maximum absolute atomic E-state index is 14.3. The fraction of sp³-hybridized carbons (Fsp3) is 0.500. The number of halogens is 3. The van der Waals surface area contributed by atoms with Crippen LogP contribution in [0.15, 0.2) is 26.8 Å². The van der Waals surface area contributed by atoms with Crippen molar-refractivity contribution in [3.63, 3.8) is 0 Å². The first-order chi connectivity index (χ1) is 11.9. The Hall–Kier alpha value is -1.08. The number of aryl methyl sites for hydroxylation is 1. The minimum atomic E-state index is -0.404. The molecule has 0 aliphatic heterocycles. The van der Waals surface area contributed by atoms with Crippen LogP contribution in [0.4, 0.5) is 4.39 Å². The molecule has 0 bridgehead atoms. The van der Waals surface area contributed by atoms with Gasteiger partial charge in [0.2, 0.25) is 0 Å². The number of oxime groups is 1. The monoisotopic (exact) mass is 479 g/mol. The molecule has 0 unspecified atom stereocenters. The number of benzene rings is 1. The van der Waals surface area contributed by atoms with Crippen molar-refractivity contribution >= 4 is 37.6 Å². The minimum absolute atomic E-state index is 0.301. The SMILES string of the molecule is CCc1cc(OCC=C(Br)Br)cc(F)c1OCCCCON=C(C)C. The highest BCUT2D eigenvalue weighted by molar-refractivity contribution is 9.28. The molecule has 0 spiro atoms. The molecule has 0 aromatic heterocycles. The number of hydrogen-bond acceptors (Lipinski definition) is 4. The normalized spacial score (nSPS) is 10.2. The number of hydrogen-bond donors (Lipinski definition) is 0. The molecular weight excluding hydrogens is 457 g/mol. The molecule has 0 radical (unpaired) electrons. The Balaban J connectivity index is 2.53. The highest BCUT2D eigenvalue weighted by atomic mass is 79.9. The van der Waals surface area contributed by atoms with Crippen molar-refractivity contribution in [2.75, 3.05) is 19.8 Å². The van der Waals surface area contributed by atoms with Crippen LogP contribution >= 0.6 is 31.9 Å². The van der Waals surface area contributed by atoms with Gasteiger partial charge in [0.25, 0.3) is 0 Å². The average molecular weight is 481 g/mol. The molecule has 4 nitrogen and oxygen atoms in total. The van der Waals surface area contributed by atoms with Gasteiger partial charge < -0.3 is 14.3 Å². The van der Waals surface area contributed by atoms with Crippen LogP contribution in [-0.2, 0) is 11.3 Å². The van der Waals surface area contributed by atoms with Gasteiger partial charge in [-0.2, -0.15) is 0 Å². The summed E-state index contributed by atoms with van der Waals surface area (Å²) >= 11 is 6.50. The molecular formula is C18H24Br2FNO3. The second kappa shape index (κ2) is 12.3. The van der Waals surface area contributed by atoms with Crippen molar-refractivity contribution in [1.82, 2.24) is 0 Å². The Kier molecular flexibility index (Phi) is 10.8. The number of rotatable bonds is 11. The van der Waals surface area contributed by atoms with E-state index in [1.165, 1.54) is 6.07 Å². The summed E-state index contributed by atoms with van der Waals surface area (Å²) in [5.41, 5.74) is 1.67. The molecule has 0 saturated heterocycles. The molecule has 0 heterocycles. The van der Waals surface area contributed by atoms with Crippen LogP contribution in [-0.4, -0.2) is 25.5 Å². The zero-order valence-corrected chi connectivity index (χ0v) is 18.0. The molecule has 140 valence electrons. The minimum Gasteiger partial charge on any atom is -0.490 e. The lowest BCUT2D eigenvalue weighted by Crippen LogP contribution is -2.05. The first-order valence-electron chi connectivity index (χ1n) is 8.16. The Morgan fingerprint density at radius 2 is 1.88 bits per heavy atom. The summed E-state index contributed by atoms with van der Waals surface area (Å²) in [5, 5.41) is 3.86. The van der Waals surface area contributed by atoms with E-state index in [1.807, 2.05) is 26.8 Å². The summed E-state index contributed by atoms with van der Waals surface area (Å²) in [7, 11) is 0. The van der Waals surface area contributed by atoms with Gasteiger partial charge in [-0.1, -0.05) is 12.1 Å². The van der Waals surface area contributed by atoms with Crippen LogP contribution in [0.1, 0.15) is 39.2 Å². The van der Waals surface area contributed by atoms with Crippen molar-refractivity contribution in [2.24, 2.45) is 5.16 Å². The fourth-order valence-electron chi connectivity index (χ4n) is 1.95. The predicted molar refractivity (Wildman–Crippen MR) is 107 cm³/mol. The topological polar surface area (TPSA) is 40.0 Å². The maximum Gasteiger partial charge on any atom is 0.169 e. The molecule has 0 aliphatic rings. The van der Waals surface area contributed by atoms with Gasteiger partial charge in [0.05, 0.1) is 15.7 Å². The molecule has 1 aromatic carbocycles. The van der Waals surface area contributed by atoms with Crippen LogP contribution in [0.25, 0.3) is 0 Å². The molecule has 0 N–H and O–H groups in total. The summed E-state index contributed by atoms with van der Waals surface area (Å²) < 4.78 is 26.3. The second-order valence-electron chi connectivity index (χ2n) is 5.48. The summed E-state index contributed by atoms with van der Waals surface area (Å²) in [6.45, 7) is 7.01. The molecule has 0 atom stereocenters. The number of ether oxygens (including phenoxy) is 2. The van der Waals surface area contributed by atoms with E-state index in [-0.39, 0.29) is 0 Å². The molecule has 0 aliphatic carbocycles. The Morgan fingerprint density at radius 1 is 1.16 bits per heavy atom. The predicted octanol–water partition coefficient (Wildman–Crippen LogP) is 5.97. The van der Waals surface area contributed by atoms with Gasteiger partial charge in [0.1, 0.15) is 19.0 Å². The summed E-state index contributed by atoms with van der Waals surface area (Å²) in [4.78, 5) is 5.12. The third-order valence-electron chi connectivity index (χ3n) is 3.09. The van der Waals surface area contributed by atoms with E-state index in [4.69, 9.17) is 14.3 Å². The van der Waals surface area contributed by atoms with E-state index in [9.17, 15) is 4.39 Å². The average Bonchev–Trinajstić information content (AvgIpc) is 2.54. The van der Waals surface area contributed by atoms with Crippen molar-refractivity contribution in [3.05, 3.63) is 33.0 Å². The Labute approximate surface area is 165 Å². The lowest BCUT2D eigenvalue weighted by Gasteiger charge is -2.13. The zero-order valence-electron chi connectivity index (χ0n) is 14.8. The first-order valence-corrected chi connectivity index (χ1v) is 9.75. The van der Waals surface area contributed by atoms with Crippen LogP contribution in [0.3, 0.4) is 0 Å². The fourth-order valence-corrected chi connectivity index (χ4v) is 2.21. The first kappa shape index (κ1) is 22.0. The van der Waals surface area contributed by atoms with Crippen molar-refractivity contribution in [2.45, 2.75) is 40.0 Å². The van der Waals surface area contributed by atoms with E-state index in [0.717, 1.165) is 27.5 Å². The summed E-state index contributed by atoms with van der Waals surface area (Å²) in [6.07, 6.45) is 4.02. The molecule has 1 aromatic rings. The molecule has 0 fully saturated rings. The lowest BCUT2D eigenvalue weighted by atomic mass is 10.1. The van der Waals surface area contributed by atoms with Gasteiger partial charge >= 0.3 is 0 Å². The smallest absolute Gasteiger partial charge is 0.169 e. The van der Waals surface area contributed by atoms with E-state index < -0.39 is 5.82 Å². The van der Waals surface area contributed by atoms with Gasteiger partial charge in [0, 0.05) is 11.6 Å². The van der Waals surface area contributed by atoms with Gasteiger partial charge in [-0.3, -0.25) is 0 Å². The third kappa shape index (κ3) is 9.26. The van der Waals surface area contributed by atoms with Crippen LogP contribution in [0, 0.1) is 5.82 Å². The summed E-state index contributed by atoms with van der Waals surface area (Å²) in [5.74, 6) is 0.384. The van der Waals surface area contributed by atoms with Gasteiger partial charge in [0.15, 0.2) is 11.6 Å². The molecule has 25 heavy (non-hydrogen) atoms. The van der Waals surface area contributed by atoms with Gasteiger partial charge in [-0.15, -0.1) is 0 Å². The second-order valence-corrected chi connectivity index (χ2v) is 8.25. The van der Waals surface area contributed by atoms with Crippen LogP contribution in [0.2, 0.25) is 0 Å². The third-order valence-corrected chi connectivity index (χ3v) is 3.73. The maximum atomic E-state index is 14.3. The lowest BCUT2D eigenvalue weighted by molar-refractivity contribution is 0.135. The standard InChI is InChI=1S/C18H24Br2FNO3/c1-4-14-11-15(23-10-7-17(19)20)12-16(21)18(14)24-8-5-6-9-25-22-13(2)3/h7,11-12H,4-6,8-10H2,1-3H3. The van der Waals surface area contributed by atoms with Crippen molar-refractivity contribution in [3.8, 4) is 11.5 Å². The van der Waals surface area contributed by atoms with E-state index in [1.54, 1.807) is 6.08 Å².